The van der Waals surface area contributed by atoms with E-state index in [0.29, 0.717) is 17.8 Å². The summed E-state index contributed by atoms with van der Waals surface area (Å²) in [7, 11) is 0. The van der Waals surface area contributed by atoms with Crippen molar-refractivity contribution in [3.05, 3.63) is 107 Å². The van der Waals surface area contributed by atoms with Crippen LogP contribution in [0.1, 0.15) is 108 Å². The number of benzene rings is 3. The quantitative estimate of drug-likeness (QED) is 0.203. The molecule has 0 radical (unpaired) electrons. The van der Waals surface area contributed by atoms with Gasteiger partial charge in [0, 0.05) is 34.6 Å². The van der Waals surface area contributed by atoms with Gasteiger partial charge in [0.2, 0.25) is 0 Å². The lowest BCUT2D eigenvalue weighted by molar-refractivity contribution is 0.122. The Morgan fingerprint density at radius 3 is 1.86 bits per heavy atom. The smallest absolute Gasteiger partial charge is 0.178 e. The molecule has 3 atom stereocenters. The van der Waals surface area contributed by atoms with E-state index < -0.39 is 0 Å². The third-order valence-corrected chi connectivity index (χ3v) is 10.9. The Balaban J connectivity index is 1.53. The Labute approximate surface area is 263 Å². The van der Waals surface area contributed by atoms with E-state index in [-0.39, 0.29) is 17.0 Å². The van der Waals surface area contributed by atoms with Crippen LogP contribution in [-0.2, 0) is 5.41 Å². The zero-order valence-corrected chi connectivity index (χ0v) is 27.6. The first-order valence-corrected chi connectivity index (χ1v) is 16.7. The van der Waals surface area contributed by atoms with Crippen molar-refractivity contribution >= 4 is 23.0 Å². The molecule has 3 aromatic carbocycles. The number of anilines is 4. The molecule has 0 bridgehead atoms. The topological polar surface area (TPSA) is 32.3 Å². The number of allylic oxidation sites excluding steroid dienone is 1. The molecule has 226 valence electrons. The summed E-state index contributed by atoms with van der Waals surface area (Å²) in [5, 5.41) is 0. The number of aromatic nitrogens is 2. The monoisotopic (exact) mass is 582 g/mol. The molecular formula is C40H46N4. The first kappa shape index (κ1) is 28.8. The van der Waals surface area contributed by atoms with Gasteiger partial charge in [0.25, 0.3) is 0 Å². The molecule has 3 heterocycles. The number of para-hydroxylation sites is 1. The van der Waals surface area contributed by atoms with Crippen molar-refractivity contribution in [2.45, 2.75) is 97.6 Å². The Bertz CT molecular complexity index is 1720. The van der Waals surface area contributed by atoms with Crippen LogP contribution in [0.25, 0.3) is 11.1 Å². The van der Waals surface area contributed by atoms with Crippen LogP contribution >= 0.6 is 0 Å². The molecule has 4 nitrogen and oxygen atoms in total. The molecule has 1 aromatic heterocycles. The van der Waals surface area contributed by atoms with Crippen LogP contribution in [-0.4, -0.2) is 16.1 Å². The Morgan fingerprint density at radius 1 is 0.705 bits per heavy atom. The summed E-state index contributed by atoms with van der Waals surface area (Å²) in [5.74, 6) is 3.21. The van der Waals surface area contributed by atoms with Crippen LogP contribution in [0.4, 0.5) is 23.0 Å². The van der Waals surface area contributed by atoms with Gasteiger partial charge in [-0.15, -0.1) is 0 Å². The molecule has 3 unspecified atom stereocenters. The number of fused-ring (bicyclic) bond motifs is 8. The summed E-state index contributed by atoms with van der Waals surface area (Å²) < 4.78 is 0. The highest BCUT2D eigenvalue weighted by atomic mass is 15.5. The highest BCUT2D eigenvalue weighted by Gasteiger charge is 2.66. The van der Waals surface area contributed by atoms with Gasteiger partial charge < -0.3 is 9.80 Å². The molecule has 2 aliphatic heterocycles. The number of hydrogen-bond acceptors (Lipinski definition) is 4. The summed E-state index contributed by atoms with van der Waals surface area (Å²) in [4.78, 5) is 15.0. The Hall–Kier alpha value is -3.92. The Kier molecular flexibility index (Phi) is 6.77. The van der Waals surface area contributed by atoms with Gasteiger partial charge in [-0.25, -0.2) is 9.97 Å². The SMILES string of the molecule is CCC12C=CC1(CC)C1N(c3ccccc3)c3nccnc3N1c1cc(-c3c(C(C)C)cc(C(C)C)cc3C(C)C)ccc12. The van der Waals surface area contributed by atoms with Crippen molar-refractivity contribution in [2.24, 2.45) is 5.41 Å². The average Bonchev–Trinajstić information content (AvgIpc) is 3.36. The molecule has 0 saturated carbocycles. The summed E-state index contributed by atoms with van der Waals surface area (Å²) in [6.45, 7) is 18.7. The van der Waals surface area contributed by atoms with Crippen molar-refractivity contribution in [1.82, 2.24) is 9.97 Å². The molecule has 3 aliphatic rings. The summed E-state index contributed by atoms with van der Waals surface area (Å²) in [5.41, 5.74) is 10.7. The molecule has 0 N–H and O–H groups in total. The van der Waals surface area contributed by atoms with E-state index in [0.717, 1.165) is 30.2 Å². The summed E-state index contributed by atoms with van der Waals surface area (Å²) in [6.07, 6.45) is 10.8. The van der Waals surface area contributed by atoms with Gasteiger partial charge in [0.15, 0.2) is 11.6 Å². The third-order valence-electron chi connectivity index (χ3n) is 10.9. The first-order chi connectivity index (χ1) is 21.2. The van der Waals surface area contributed by atoms with Crippen LogP contribution in [0.5, 0.6) is 0 Å². The van der Waals surface area contributed by atoms with Crippen LogP contribution in [0.3, 0.4) is 0 Å². The van der Waals surface area contributed by atoms with Crippen molar-refractivity contribution in [2.75, 3.05) is 9.80 Å². The van der Waals surface area contributed by atoms with Gasteiger partial charge in [-0.2, -0.15) is 0 Å². The van der Waals surface area contributed by atoms with E-state index in [4.69, 9.17) is 9.97 Å². The number of rotatable bonds is 7. The third kappa shape index (κ3) is 3.76. The molecular weight excluding hydrogens is 536 g/mol. The average molecular weight is 583 g/mol. The number of hydrogen-bond donors (Lipinski definition) is 0. The van der Waals surface area contributed by atoms with E-state index in [2.05, 4.69) is 138 Å². The van der Waals surface area contributed by atoms with Crippen molar-refractivity contribution < 1.29 is 0 Å². The van der Waals surface area contributed by atoms with Crippen LogP contribution in [0.15, 0.2) is 85.2 Å². The maximum atomic E-state index is 5.04. The second kappa shape index (κ2) is 10.3. The molecule has 1 aliphatic carbocycles. The van der Waals surface area contributed by atoms with E-state index in [1.165, 1.54) is 39.1 Å². The summed E-state index contributed by atoms with van der Waals surface area (Å²) >= 11 is 0. The highest BCUT2D eigenvalue weighted by Crippen LogP contribution is 2.69. The lowest BCUT2D eigenvalue weighted by Crippen LogP contribution is -2.66. The van der Waals surface area contributed by atoms with E-state index in [9.17, 15) is 0 Å². The lowest BCUT2D eigenvalue weighted by Gasteiger charge is -2.63. The minimum Gasteiger partial charge on any atom is -0.301 e. The molecule has 4 heteroatoms. The van der Waals surface area contributed by atoms with E-state index in [1.807, 2.05) is 12.4 Å². The first-order valence-electron chi connectivity index (χ1n) is 16.7. The zero-order valence-electron chi connectivity index (χ0n) is 27.6. The number of nitrogens with zero attached hydrogens (tertiary/aromatic N) is 4. The molecule has 0 amide bonds. The van der Waals surface area contributed by atoms with E-state index in [1.54, 1.807) is 0 Å². The van der Waals surface area contributed by atoms with Gasteiger partial charge in [-0.1, -0.05) is 110 Å². The van der Waals surface area contributed by atoms with Gasteiger partial charge in [-0.05, 0) is 82.2 Å². The van der Waals surface area contributed by atoms with Crippen molar-refractivity contribution in [3.63, 3.8) is 0 Å². The highest BCUT2D eigenvalue weighted by molar-refractivity contribution is 5.90. The molecule has 0 saturated heterocycles. The maximum absolute atomic E-state index is 5.04. The molecule has 0 fully saturated rings. The zero-order chi connectivity index (χ0) is 31.0. The second-order valence-electron chi connectivity index (χ2n) is 14.0. The standard InChI is InChI=1S/C40H46N4/c1-9-39-18-19-40(39,10-2)38-43(30-14-12-11-13-15-30)36-37(42-21-20-41-36)44(38)34-24-28(16-17-33(34)39)35-31(26(5)6)22-29(25(3)4)23-32(35)27(7)8/h11-27,38H,9-10H2,1-8H3. The maximum Gasteiger partial charge on any atom is 0.178 e. The minimum atomic E-state index is -0.0837. The fourth-order valence-electron chi connectivity index (χ4n) is 8.53. The largest absolute Gasteiger partial charge is 0.301 e. The molecule has 44 heavy (non-hydrogen) atoms. The van der Waals surface area contributed by atoms with Crippen LogP contribution in [0, 0.1) is 5.41 Å². The molecule has 4 aromatic rings. The lowest BCUT2D eigenvalue weighted by atomic mass is 9.47. The van der Waals surface area contributed by atoms with Gasteiger partial charge in [-0.3, -0.25) is 0 Å². The normalized spacial score (nSPS) is 23.1. The molecule has 7 rings (SSSR count). The van der Waals surface area contributed by atoms with Crippen LogP contribution < -0.4 is 9.80 Å². The fourth-order valence-corrected chi connectivity index (χ4v) is 8.53. The van der Waals surface area contributed by atoms with Gasteiger partial charge >= 0.3 is 0 Å². The van der Waals surface area contributed by atoms with Gasteiger partial charge in [0.1, 0.15) is 6.17 Å². The second-order valence-corrected chi connectivity index (χ2v) is 14.0. The van der Waals surface area contributed by atoms with Gasteiger partial charge in [0.05, 0.1) is 0 Å². The molecule has 0 spiro atoms. The fraction of sp³-hybridized carbons (Fsp3) is 0.400. The predicted octanol–water partition coefficient (Wildman–Crippen LogP) is 10.8. The summed E-state index contributed by atoms with van der Waals surface area (Å²) in [6, 6.07) is 23.1. The Morgan fingerprint density at radius 2 is 1.34 bits per heavy atom. The van der Waals surface area contributed by atoms with Crippen LogP contribution in [0.2, 0.25) is 0 Å². The predicted molar refractivity (Wildman–Crippen MR) is 185 cm³/mol. The minimum absolute atomic E-state index is 0.0393. The van der Waals surface area contributed by atoms with Crippen molar-refractivity contribution in [1.29, 1.82) is 0 Å². The van der Waals surface area contributed by atoms with E-state index >= 15 is 0 Å². The van der Waals surface area contributed by atoms with Crippen molar-refractivity contribution in [3.8, 4) is 11.1 Å².